The van der Waals surface area contributed by atoms with Crippen molar-refractivity contribution in [2.75, 3.05) is 20.2 Å². The molecule has 0 unspecified atom stereocenters. The molecule has 0 spiro atoms. The maximum Gasteiger partial charge on any atom is 0.407 e. The Morgan fingerprint density at radius 1 is 1.23 bits per heavy atom. The summed E-state index contributed by atoms with van der Waals surface area (Å²) in [6.07, 6.45) is 0.599. The van der Waals surface area contributed by atoms with Gasteiger partial charge < -0.3 is 15.0 Å². The molecule has 1 aliphatic heterocycles. The fourth-order valence-electron chi connectivity index (χ4n) is 3.71. The van der Waals surface area contributed by atoms with Crippen LogP contribution in [0, 0.1) is 0 Å². The molecule has 1 heterocycles. The van der Waals surface area contributed by atoms with Crippen molar-refractivity contribution >= 4 is 18.0 Å². The largest absolute Gasteiger partial charge is 0.444 e. The van der Waals surface area contributed by atoms with Gasteiger partial charge in [-0.25, -0.2) is 15.1 Å². The first kappa shape index (κ1) is 22.8. The minimum absolute atomic E-state index is 0.0532. The molecule has 4 amide bonds. The number of ether oxygens (including phenoxy) is 1. The second-order valence-electron chi connectivity index (χ2n) is 8.61. The molecule has 170 valence electrons. The van der Waals surface area contributed by atoms with Crippen LogP contribution >= 0.6 is 0 Å². The van der Waals surface area contributed by atoms with E-state index in [2.05, 4.69) is 10.8 Å². The lowest BCUT2D eigenvalue weighted by Crippen LogP contribution is -2.66. The van der Waals surface area contributed by atoms with Crippen molar-refractivity contribution in [2.45, 2.75) is 57.4 Å². The first-order chi connectivity index (χ1) is 14.6. The van der Waals surface area contributed by atoms with E-state index in [4.69, 9.17) is 14.4 Å². The fraction of sp³-hybridized carbons (Fsp3) is 0.571. The van der Waals surface area contributed by atoms with E-state index in [9.17, 15) is 14.4 Å². The summed E-state index contributed by atoms with van der Waals surface area (Å²) in [6.45, 7) is 5.75. The molecule has 31 heavy (non-hydrogen) atoms. The third-order valence-corrected chi connectivity index (χ3v) is 5.35. The molecule has 1 aromatic rings. The molecule has 0 aromatic heterocycles. The van der Waals surface area contributed by atoms with E-state index in [1.807, 2.05) is 30.3 Å². The molecule has 2 N–H and O–H groups in total. The summed E-state index contributed by atoms with van der Waals surface area (Å²) in [6, 6.07) is 8.76. The predicted octanol–water partition coefficient (Wildman–Crippen LogP) is 1.96. The Bertz CT molecular complexity index is 812. The molecule has 1 saturated carbocycles. The highest BCUT2D eigenvalue weighted by atomic mass is 16.7. The van der Waals surface area contributed by atoms with Crippen LogP contribution in [0.5, 0.6) is 0 Å². The van der Waals surface area contributed by atoms with Crippen molar-refractivity contribution in [1.82, 2.24) is 20.8 Å². The van der Waals surface area contributed by atoms with Crippen LogP contribution in [0.15, 0.2) is 30.3 Å². The highest BCUT2D eigenvalue weighted by Gasteiger charge is 2.67. The van der Waals surface area contributed by atoms with Crippen LogP contribution in [-0.2, 0) is 25.8 Å². The highest BCUT2D eigenvalue weighted by Crippen LogP contribution is 2.47. The van der Waals surface area contributed by atoms with Crippen LogP contribution in [-0.4, -0.2) is 65.4 Å². The van der Waals surface area contributed by atoms with E-state index in [1.54, 1.807) is 27.8 Å². The van der Waals surface area contributed by atoms with Crippen LogP contribution in [0.25, 0.3) is 0 Å². The SMILES string of the molecule is CN1C(=O)N(OCc2ccccc2)[C@@H]2CC[C@@]21C(=O)NOCCNC(=O)OC(C)(C)C. The number of alkyl carbamates (subject to hydrolysis) is 1. The van der Waals surface area contributed by atoms with E-state index in [0.717, 1.165) is 5.56 Å². The number of amides is 4. The summed E-state index contributed by atoms with van der Waals surface area (Å²) >= 11 is 0. The van der Waals surface area contributed by atoms with E-state index < -0.39 is 29.2 Å². The number of carbonyl (C=O) groups is 3. The normalized spacial score (nSPS) is 22.6. The number of benzene rings is 1. The topological polar surface area (TPSA) is 109 Å². The second kappa shape index (κ2) is 9.11. The Balaban J connectivity index is 1.48. The molecule has 10 heteroatoms. The van der Waals surface area contributed by atoms with Crippen molar-refractivity contribution < 1.29 is 28.8 Å². The van der Waals surface area contributed by atoms with Crippen molar-refractivity contribution in [1.29, 1.82) is 0 Å². The van der Waals surface area contributed by atoms with Crippen molar-refractivity contribution in [3.8, 4) is 0 Å². The standard InChI is InChI=1S/C21H30N4O6/c1-20(2,3)31-18(27)22-12-13-29-23-17(26)21-11-10-16(21)25(19(28)24(21)4)30-14-15-8-6-5-7-9-15/h5-9,16H,10-14H2,1-4H3,(H,22,27)(H,23,26)/t16-,21+/m1/s1. The quantitative estimate of drug-likeness (QED) is 0.478. The first-order valence-electron chi connectivity index (χ1n) is 10.3. The lowest BCUT2D eigenvalue weighted by Gasteiger charge is -2.45. The highest BCUT2D eigenvalue weighted by molar-refractivity contribution is 5.95. The average Bonchev–Trinajstić information content (AvgIpc) is 2.82. The average molecular weight is 434 g/mol. The Labute approximate surface area is 181 Å². The van der Waals surface area contributed by atoms with Crippen LogP contribution in [0.3, 0.4) is 0 Å². The molecule has 3 rings (SSSR count). The summed E-state index contributed by atoms with van der Waals surface area (Å²) in [7, 11) is 1.59. The van der Waals surface area contributed by atoms with Crippen molar-refractivity contribution in [3.63, 3.8) is 0 Å². The van der Waals surface area contributed by atoms with Gasteiger partial charge in [-0.2, -0.15) is 5.06 Å². The number of carbonyl (C=O) groups excluding carboxylic acids is 3. The third kappa shape index (κ3) is 4.91. The van der Waals surface area contributed by atoms with Crippen LogP contribution in [0.2, 0.25) is 0 Å². The van der Waals surface area contributed by atoms with Gasteiger partial charge in [-0.1, -0.05) is 30.3 Å². The van der Waals surface area contributed by atoms with Gasteiger partial charge in [-0.15, -0.1) is 0 Å². The maximum atomic E-state index is 12.9. The van der Waals surface area contributed by atoms with Gasteiger partial charge >= 0.3 is 12.1 Å². The molecule has 2 aliphatic rings. The Morgan fingerprint density at radius 2 is 1.94 bits per heavy atom. The number of fused-ring (bicyclic) bond motifs is 1. The molecule has 1 aromatic carbocycles. The number of hydrogen-bond donors (Lipinski definition) is 2. The second-order valence-corrected chi connectivity index (χ2v) is 8.61. The van der Waals surface area contributed by atoms with Crippen LogP contribution in [0.4, 0.5) is 9.59 Å². The van der Waals surface area contributed by atoms with E-state index in [0.29, 0.717) is 12.8 Å². The Morgan fingerprint density at radius 3 is 2.55 bits per heavy atom. The van der Waals surface area contributed by atoms with E-state index in [-0.39, 0.29) is 25.8 Å². The molecule has 2 fully saturated rings. The van der Waals surface area contributed by atoms with Gasteiger partial charge in [0.2, 0.25) is 0 Å². The monoisotopic (exact) mass is 434 g/mol. The Hall–Kier alpha value is -2.85. The summed E-state index contributed by atoms with van der Waals surface area (Å²) < 4.78 is 5.12. The minimum atomic E-state index is -1.04. The predicted molar refractivity (Wildman–Crippen MR) is 110 cm³/mol. The molecule has 0 radical (unpaired) electrons. The molecule has 0 bridgehead atoms. The Kier molecular flexibility index (Phi) is 6.71. The number of urea groups is 1. The molecule has 1 saturated heterocycles. The molecule has 10 nitrogen and oxygen atoms in total. The zero-order valence-electron chi connectivity index (χ0n) is 18.3. The number of nitrogens with one attached hydrogen (secondary N) is 2. The maximum absolute atomic E-state index is 12.9. The minimum Gasteiger partial charge on any atom is -0.444 e. The number of hydroxylamine groups is 3. The van der Waals surface area contributed by atoms with Gasteiger partial charge in [0.05, 0.1) is 12.6 Å². The lowest BCUT2D eigenvalue weighted by molar-refractivity contribution is -0.179. The number of likely N-dealkylation sites (N-methyl/N-ethyl adjacent to an activating group) is 1. The van der Waals surface area contributed by atoms with E-state index >= 15 is 0 Å². The summed E-state index contributed by atoms with van der Waals surface area (Å²) in [5.74, 6) is -0.414. The van der Waals surface area contributed by atoms with Crippen molar-refractivity contribution in [2.24, 2.45) is 0 Å². The summed E-state index contributed by atoms with van der Waals surface area (Å²) in [4.78, 5) is 49.6. The zero-order chi connectivity index (χ0) is 22.6. The van der Waals surface area contributed by atoms with Gasteiger partial charge in [0.15, 0.2) is 0 Å². The van der Waals surface area contributed by atoms with Crippen LogP contribution < -0.4 is 10.8 Å². The summed E-state index contributed by atoms with van der Waals surface area (Å²) in [5.41, 5.74) is 1.71. The molecular weight excluding hydrogens is 404 g/mol. The van der Waals surface area contributed by atoms with Gasteiger partial charge in [0.1, 0.15) is 17.7 Å². The summed E-state index contributed by atoms with van der Waals surface area (Å²) in [5, 5.41) is 3.83. The third-order valence-electron chi connectivity index (χ3n) is 5.35. The fourth-order valence-corrected chi connectivity index (χ4v) is 3.71. The van der Waals surface area contributed by atoms with Crippen molar-refractivity contribution in [3.05, 3.63) is 35.9 Å². The van der Waals surface area contributed by atoms with Gasteiger partial charge in [0.25, 0.3) is 5.91 Å². The van der Waals surface area contributed by atoms with Gasteiger partial charge in [-0.3, -0.25) is 14.5 Å². The first-order valence-corrected chi connectivity index (χ1v) is 10.3. The lowest BCUT2D eigenvalue weighted by atomic mass is 9.71. The van der Waals surface area contributed by atoms with Crippen LogP contribution in [0.1, 0.15) is 39.2 Å². The number of hydrogen-bond acceptors (Lipinski definition) is 6. The smallest absolute Gasteiger partial charge is 0.407 e. The molecule has 1 aliphatic carbocycles. The molecule has 2 atom stereocenters. The zero-order valence-corrected chi connectivity index (χ0v) is 18.3. The molecular formula is C21H30N4O6. The van der Waals surface area contributed by atoms with Gasteiger partial charge in [0, 0.05) is 13.6 Å². The number of rotatable bonds is 8. The number of nitrogens with zero attached hydrogens (tertiary/aromatic N) is 2. The van der Waals surface area contributed by atoms with Gasteiger partial charge in [-0.05, 0) is 39.2 Å². The van der Waals surface area contributed by atoms with E-state index in [1.165, 1.54) is 9.96 Å².